The van der Waals surface area contributed by atoms with Gasteiger partial charge in [0.15, 0.2) is 5.79 Å². The average molecular weight is 233 g/mol. The number of piperidine rings is 1. The number of rotatable bonds is 0. The van der Waals surface area contributed by atoms with Gasteiger partial charge in [0.2, 0.25) is 0 Å². The van der Waals surface area contributed by atoms with Gasteiger partial charge in [0.25, 0.3) is 5.97 Å². The smallest absolute Gasteiger partial charge is 0.300 e. The maximum atomic E-state index is 9.56. The van der Waals surface area contributed by atoms with E-state index in [4.69, 9.17) is 9.90 Å². The fraction of sp³-hybridized carbons (Fsp3) is 0.909. The lowest BCUT2D eigenvalue weighted by Gasteiger charge is -2.48. The van der Waals surface area contributed by atoms with Crippen molar-refractivity contribution in [1.82, 2.24) is 5.32 Å². The summed E-state index contributed by atoms with van der Waals surface area (Å²) in [5.41, 5.74) is -0.406. The normalized spacial score (nSPS) is 25.2. The maximum Gasteiger partial charge on any atom is 0.300 e. The van der Waals surface area contributed by atoms with Crippen molar-refractivity contribution in [3.8, 4) is 0 Å². The van der Waals surface area contributed by atoms with Crippen molar-refractivity contribution in [2.24, 2.45) is 0 Å². The minimum atomic E-state index is -1.52. The highest BCUT2D eigenvalue weighted by Crippen LogP contribution is 2.33. The van der Waals surface area contributed by atoms with E-state index in [1.807, 2.05) is 27.7 Å². The average Bonchev–Trinajstić information content (AvgIpc) is 1.69. The molecular weight excluding hydrogens is 210 g/mol. The van der Waals surface area contributed by atoms with Crippen LogP contribution in [0.25, 0.3) is 0 Å². The maximum absolute atomic E-state index is 9.56. The Morgan fingerprint density at radius 2 is 1.31 bits per heavy atom. The highest BCUT2D eigenvalue weighted by atomic mass is 16.5. The second-order valence-electron chi connectivity index (χ2n) is 5.75. The summed E-state index contributed by atoms with van der Waals surface area (Å²) in [6.07, 6.45) is 0.757. The van der Waals surface area contributed by atoms with Gasteiger partial charge in [-0.15, -0.1) is 0 Å². The van der Waals surface area contributed by atoms with Crippen LogP contribution >= 0.6 is 0 Å². The van der Waals surface area contributed by atoms with Crippen LogP contribution in [0.4, 0.5) is 0 Å². The van der Waals surface area contributed by atoms with Crippen LogP contribution < -0.4 is 5.32 Å². The summed E-state index contributed by atoms with van der Waals surface area (Å²) in [5, 5.41) is 29.9. The molecule has 0 amide bonds. The molecule has 5 heteroatoms. The zero-order valence-corrected chi connectivity index (χ0v) is 10.7. The lowest BCUT2D eigenvalue weighted by atomic mass is 9.79. The predicted molar refractivity (Wildman–Crippen MR) is 61.0 cm³/mol. The van der Waals surface area contributed by atoms with Crippen LogP contribution in [0.15, 0.2) is 0 Å². The molecule has 5 nitrogen and oxygen atoms in total. The van der Waals surface area contributed by atoms with Crippen LogP contribution in [0, 0.1) is 0 Å². The van der Waals surface area contributed by atoms with Crippen molar-refractivity contribution in [3.63, 3.8) is 0 Å². The first-order chi connectivity index (χ1) is 6.85. The Balaban J connectivity index is 0.000000487. The summed E-state index contributed by atoms with van der Waals surface area (Å²) < 4.78 is 0. The monoisotopic (exact) mass is 233 g/mol. The number of hydrogen-bond donors (Lipinski definition) is 4. The van der Waals surface area contributed by atoms with E-state index >= 15 is 0 Å². The molecule has 96 valence electrons. The van der Waals surface area contributed by atoms with Gasteiger partial charge >= 0.3 is 0 Å². The van der Waals surface area contributed by atoms with Crippen LogP contribution in [0.5, 0.6) is 0 Å². The summed E-state index contributed by atoms with van der Waals surface area (Å²) in [4.78, 5) is 9.00. The molecule has 0 aromatic carbocycles. The number of carboxylic acids is 1. The van der Waals surface area contributed by atoms with Gasteiger partial charge in [-0.05, 0) is 27.7 Å². The topological polar surface area (TPSA) is 89.8 Å². The van der Waals surface area contributed by atoms with E-state index in [2.05, 4.69) is 5.32 Å². The minimum Gasteiger partial charge on any atom is -0.481 e. The third-order valence-corrected chi connectivity index (χ3v) is 2.13. The molecule has 0 spiro atoms. The summed E-state index contributed by atoms with van der Waals surface area (Å²) >= 11 is 0. The number of aliphatic hydroxyl groups is 2. The zero-order chi connectivity index (χ0) is 13.2. The number of carbonyl (C=O) groups is 1. The molecule has 4 N–H and O–H groups in total. The molecule has 1 aliphatic heterocycles. The van der Waals surface area contributed by atoms with Gasteiger partial charge in [0.1, 0.15) is 0 Å². The first kappa shape index (κ1) is 15.3. The standard InChI is InChI=1S/C9H19NO2.C2H4O2/c1-7(2)5-9(11,12)6-8(3,4)10-7;1-2(3)4/h10-12H,5-6H2,1-4H3;1H3,(H,3,4). The molecule has 1 saturated heterocycles. The first-order valence-corrected chi connectivity index (χ1v) is 5.29. The van der Waals surface area contributed by atoms with Crippen LogP contribution in [-0.4, -0.2) is 38.2 Å². The number of aliphatic carboxylic acids is 1. The molecule has 0 bridgehead atoms. The molecule has 1 heterocycles. The Labute approximate surface area is 96.5 Å². The van der Waals surface area contributed by atoms with Crippen molar-refractivity contribution in [3.05, 3.63) is 0 Å². The fourth-order valence-electron chi connectivity index (χ4n) is 2.48. The fourth-order valence-corrected chi connectivity index (χ4v) is 2.48. The molecule has 0 aromatic rings. The quantitative estimate of drug-likeness (QED) is 0.462. The van der Waals surface area contributed by atoms with Gasteiger partial charge in [-0.3, -0.25) is 4.79 Å². The molecule has 1 aliphatic rings. The first-order valence-electron chi connectivity index (χ1n) is 5.29. The largest absolute Gasteiger partial charge is 0.481 e. The lowest BCUT2D eigenvalue weighted by Crippen LogP contribution is -2.63. The van der Waals surface area contributed by atoms with Crippen molar-refractivity contribution in [2.75, 3.05) is 0 Å². The van der Waals surface area contributed by atoms with Crippen molar-refractivity contribution >= 4 is 5.97 Å². The second-order valence-corrected chi connectivity index (χ2v) is 5.75. The third kappa shape index (κ3) is 6.76. The van der Waals surface area contributed by atoms with Crippen LogP contribution in [0.3, 0.4) is 0 Å². The van der Waals surface area contributed by atoms with Crippen LogP contribution in [0.2, 0.25) is 0 Å². The van der Waals surface area contributed by atoms with Crippen LogP contribution in [0.1, 0.15) is 47.5 Å². The van der Waals surface area contributed by atoms with E-state index in [0.717, 1.165) is 6.92 Å². The van der Waals surface area contributed by atoms with E-state index in [0.29, 0.717) is 12.8 Å². The zero-order valence-electron chi connectivity index (χ0n) is 10.7. The molecule has 0 aliphatic carbocycles. The molecule has 1 fully saturated rings. The molecule has 1 rings (SSSR count). The molecule has 0 atom stereocenters. The number of nitrogens with one attached hydrogen (secondary N) is 1. The molecule has 16 heavy (non-hydrogen) atoms. The summed E-state index contributed by atoms with van der Waals surface area (Å²) in [7, 11) is 0. The van der Waals surface area contributed by atoms with Gasteiger partial charge in [-0.1, -0.05) is 0 Å². The third-order valence-electron chi connectivity index (χ3n) is 2.13. The summed E-state index contributed by atoms with van der Waals surface area (Å²) in [6.45, 7) is 9.01. The summed E-state index contributed by atoms with van der Waals surface area (Å²) in [5.74, 6) is -2.35. The van der Waals surface area contributed by atoms with Crippen LogP contribution in [-0.2, 0) is 4.79 Å². The molecule has 0 aromatic heterocycles. The highest BCUT2D eigenvalue weighted by Gasteiger charge is 2.44. The van der Waals surface area contributed by atoms with Gasteiger partial charge in [0, 0.05) is 30.8 Å². The Kier molecular flexibility index (Phi) is 4.50. The highest BCUT2D eigenvalue weighted by molar-refractivity contribution is 5.62. The molecule has 0 saturated carbocycles. The number of hydrogen-bond acceptors (Lipinski definition) is 4. The minimum absolute atomic E-state index is 0.203. The van der Waals surface area contributed by atoms with E-state index in [1.54, 1.807) is 0 Å². The van der Waals surface area contributed by atoms with Crippen molar-refractivity contribution in [2.45, 2.75) is 64.3 Å². The lowest BCUT2D eigenvalue weighted by molar-refractivity contribution is -0.209. The van der Waals surface area contributed by atoms with Gasteiger partial charge in [0.05, 0.1) is 0 Å². The SMILES string of the molecule is CC(=O)O.CC1(C)CC(O)(O)CC(C)(C)N1. The Hall–Kier alpha value is -0.650. The van der Waals surface area contributed by atoms with E-state index in [1.165, 1.54) is 0 Å². The van der Waals surface area contributed by atoms with E-state index < -0.39 is 11.8 Å². The molecular formula is C11H23NO4. The van der Waals surface area contributed by atoms with Gasteiger partial charge in [-0.2, -0.15) is 0 Å². The van der Waals surface area contributed by atoms with Gasteiger partial charge < -0.3 is 20.6 Å². The van der Waals surface area contributed by atoms with Crippen molar-refractivity contribution in [1.29, 1.82) is 0 Å². The van der Waals surface area contributed by atoms with E-state index in [-0.39, 0.29) is 11.1 Å². The molecule has 0 radical (unpaired) electrons. The molecule has 0 unspecified atom stereocenters. The number of carboxylic acid groups (broad SMARTS) is 1. The predicted octanol–water partition coefficient (Wildman–Crippen LogP) is 0.699. The van der Waals surface area contributed by atoms with Gasteiger partial charge in [-0.25, -0.2) is 0 Å². The summed E-state index contributed by atoms with van der Waals surface area (Å²) in [6, 6.07) is 0. The Morgan fingerprint density at radius 3 is 1.50 bits per heavy atom. The van der Waals surface area contributed by atoms with E-state index in [9.17, 15) is 10.2 Å². The second kappa shape index (κ2) is 4.69. The Morgan fingerprint density at radius 1 is 1.06 bits per heavy atom. The Bertz CT molecular complexity index is 209. The van der Waals surface area contributed by atoms with Crippen molar-refractivity contribution < 1.29 is 20.1 Å².